The monoisotopic (exact) mass is 340 g/mol. The van der Waals surface area contributed by atoms with E-state index >= 15 is 0 Å². The van der Waals surface area contributed by atoms with Gasteiger partial charge in [0.15, 0.2) is 0 Å². The fourth-order valence-corrected chi connectivity index (χ4v) is 3.53. The molecule has 1 aliphatic heterocycles. The van der Waals surface area contributed by atoms with Gasteiger partial charge >= 0.3 is 0 Å². The molecule has 3 rings (SSSR count). The number of rotatable bonds is 3. The third-order valence-electron chi connectivity index (χ3n) is 4.58. The lowest BCUT2D eigenvalue weighted by molar-refractivity contribution is 0.320. The number of anilines is 1. The molecule has 20 heavy (non-hydrogen) atoms. The molecule has 1 saturated carbocycles. The first-order valence-corrected chi connectivity index (χ1v) is 8.30. The molecule has 1 aliphatic carbocycles. The van der Waals surface area contributed by atoms with Crippen LogP contribution in [0.25, 0.3) is 0 Å². The summed E-state index contributed by atoms with van der Waals surface area (Å²) in [5.41, 5.74) is 1.13. The van der Waals surface area contributed by atoms with E-state index in [-0.39, 0.29) is 5.82 Å². The van der Waals surface area contributed by atoms with Gasteiger partial charge < -0.3 is 10.2 Å². The van der Waals surface area contributed by atoms with Crippen LogP contribution in [0.5, 0.6) is 0 Å². The zero-order valence-electron chi connectivity index (χ0n) is 12.1. The molecule has 1 aromatic carbocycles. The maximum Gasteiger partial charge on any atom is 0.137 e. The lowest BCUT2D eigenvalue weighted by Gasteiger charge is -2.44. The zero-order valence-corrected chi connectivity index (χ0v) is 13.7. The molecule has 0 bridgehead atoms. The van der Waals surface area contributed by atoms with Gasteiger partial charge in [0.05, 0.1) is 4.47 Å². The van der Waals surface area contributed by atoms with Gasteiger partial charge in [-0.3, -0.25) is 0 Å². The van der Waals surface area contributed by atoms with Crippen molar-refractivity contribution in [1.82, 2.24) is 5.32 Å². The van der Waals surface area contributed by atoms with E-state index in [4.69, 9.17) is 0 Å². The summed E-state index contributed by atoms with van der Waals surface area (Å²) in [7, 11) is 0. The Labute approximate surface area is 128 Å². The summed E-state index contributed by atoms with van der Waals surface area (Å²) < 4.78 is 14.0. The summed E-state index contributed by atoms with van der Waals surface area (Å²) in [5.74, 6) is 1.23. The van der Waals surface area contributed by atoms with Crippen LogP contribution in [-0.4, -0.2) is 25.2 Å². The molecule has 2 fully saturated rings. The first-order valence-electron chi connectivity index (χ1n) is 7.51. The second kappa shape index (κ2) is 5.64. The Balaban J connectivity index is 1.85. The van der Waals surface area contributed by atoms with Gasteiger partial charge in [-0.1, -0.05) is 13.8 Å². The Morgan fingerprint density at radius 3 is 2.70 bits per heavy atom. The second-order valence-electron chi connectivity index (χ2n) is 6.41. The summed E-state index contributed by atoms with van der Waals surface area (Å²) in [6.07, 6.45) is 2.70. The van der Waals surface area contributed by atoms with Crippen LogP contribution in [0, 0.1) is 17.7 Å². The molecule has 110 valence electrons. The van der Waals surface area contributed by atoms with Crippen LogP contribution in [-0.2, 0) is 0 Å². The lowest BCUT2D eigenvalue weighted by Crippen LogP contribution is -2.59. The van der Waals surface area contributed by atoms with Crippen molar-refractivity contribution in [2.24, 2.45) is 11.8 Å². The van der Waals surface area contributed by atoms with Gasteiger partial charge in [-0.25, -0.2) is 4.39 Å². The van der Waals surface area contributed by atoms with Crippen LogP contribution in [0.4, 0.5) is 10.1 Å². The Hall–Kier alpha value is -0.610. The van der Waals surface area contributed by atoms with Crippen molar-refractivity contribution in [3.8, 4) is 0 Å². The van der Waals surface area contributed by atoms with E-state index in [1.807, 2.05) is 12.1 Å². The van der Waals surface area contributed by atoms with E-state index in [1.165, 1.54) is 12.8 Å². The largest absolute Gasteiger partial charge is 0.365 e. The molecule has 2 aliphatic rings. The minimum atomic E-state index is -0.191. The van der Waals surface area contributed by atoms with Gasteiger partial charge in [-0.15, -0.1) is 0 Å². The van der Waals surface area contributed by atoms with Gasteiger partial charge in [-0.05, 0) is 58.8 Å². The summed E-state index contributed by atoms with van der Waals surface area (Å²) in [6, 6.07) is 6.45. The summed E-state index contributed by atoms with van der Waals surface area (Å²) in [4.78, 5) is 2.47. The number of benzene rings is 1. The maximum atomic E-state index is 13.5. The van der Waals surface area contributed by atoms with E-state index < -0.39 is 0 Å². The quantitative estimate of drug-likeness (QED) is 0.900. The lowest BCUT2D eigenvalue weighted by atomic mass is 9.96. The van der Waals surface area contributed by atoms with Crippen molar-refractivity contribution < 1.29 is 4.39 Å². The van der Waals surface area contributed by atoms with Crippen molar-refractivity contribution >= 4 is 21.6 Å². The average molecular weight is 341 g/mol. The number of nitrogens with zero attached hydrogens (tertiary/aromatic N) is 1. The summed E-state index contributed by atoms with van der Waals surface area (Å²) in [5, 5.41) is 3.71. The fraction of sp³-hybridized carbons (Fsp3) is 0.625. The minimum Gasteiger partial charge on any atom is -0.365 e. The standard InChI is InChI=1S/C16H22BrFN2/c1-10(2)16-8-19-15(11-3-4-11)9-20(16)12-5-6-14(18)13(17)7-12/h5-7,10-11,15-16,19H,3-4,8-9H2,1-2H3. The van der Waals surface area contributed by atoms with Crippen molar-refractivity contribution in [3.05, 3.63) is 28.5 Å². The third kappa shape index (κ3) is 2.86. The third-order valence-corrected chi connectivity index (χ3v) is 5.19. The average Bonchev–Trinajstić information content (AvgIpc) is 3.25. The van der Waals surface area contributed by atoms with Crippen molar-refractivity contribution in [3.63, 3.8) is 0 Å². The molecule has 2 atom stereocenters. The van der Waals surface area contributed by atoms with Gasteiger partial charge in [0.1, 0.15) is 5.82 Å². The number of piperazine rings is 1. The molecule has 1 heterocycles. The summed E-state index contributed by atoms with van der Waals surface area (Å²) in [6.45, 7) is 6.57. The van der Waals surface area contributed by atoms with Gasteiger partial charge in [0.25, 0.3) is 0 Å². The highest BCUT2D eigenvalue weighted by molar-refractivity contribution is 9.10. The number of nitrogens with one attached hydrogen (secondary N) is 1. The molecular formula is C16H22BrFN2. The molecule has 2 unspecified atom stereocenters. The van der Waals surface area contributed by atoms with E-state index in [0.29, 0.717) is 22.5 Å². The molecule has 4 heteroatoms. The SMILES string of the molecule is CC(C)C1CNC(C2CC2)CN1c1ccc(F)c(Br)c1. The van der Waals surface area contributed by atoms with E-state index in [2.05, 4.69) is 40.0 Å². The van der Waals surface area contributed by atoms with Gasteiger partial charge in [0.2, 0.25) is 0 Å². The van der Waals surface area contributed by atoms with Crippen LogP contribution < -0.4 is 10.2 Å². The highest BCUT2D eigenvalue weighted by atomic mass is 79.9. The normalized spacial score (nSPS) is 27.1. The first kappa shape index (κ1) is 14.3. The Morgan fingerprint density at radius 2 is 2.10 bits per heavy atom. The molecule has 0 radical (unpaired) electrons. The van der Waals surface area contributed by atoms with Crippen molar-refractivity contribution in [1.29, 1.82) is 0 Å². The van der Waals surface area contributed by atoms with E-state index in [1.54, 1.807) is 6.07 Å². The molecule has 1 N–H and O–H groups in total. The van der Waals surface area contributed by atoms with Gasteiger partial charge in [0, 0.05) is 30.9 Å². The molecular weight excluding hydrogens is 319 g/mol. The molecule has 1 aromatic rings. The van der Waals surface area contributed by atoms with Crippen LogP contribution >= 0.6 is 15.9 Å². The molecule has 2 nitrogen and oxygen atoms in total. The molecule has 0 spiro atoms. The molecule has 0 amide bonds. The number of hydrogen-bond donors (Lipinski definition) is 1. The van der Waals surface area contributed by atoms with Crippen LogP contribution in [0.2, 0.25) is 0 Å². The molecule has 1 saturated heterocycles. The number of halogens is 2. The highest BCUT2D eigenvalue weighted by Crippen LogP contribution is 2.36. The molecule has 0 aromatic heterocycles. The Kier molecular flexibility index (Phi) is 4.04. The van der Waals surface area contributed by atoms with Gasteiger partial charge in [-0.2, -0.15) is 0 Å². The topological polar surface area (TPSA) is 15.3 Å². The second-order valence-corrected chi connectivity index (χ2v) is 7.27. The number of hydrogen-bond acceptors (Lipinski definition) is 2. The smallest absolute Gasteiger partial charge is 0.137 e. The highest BCUT2D eigenvalue weighted by Gasteiger charge is 2.38. The summed E-state index contributed by atoms with van der Waals surface area (Å²) >= 11 is 3.31. The van der Waals surface area contributed by atoms with Crippen LogP contribution in [0.1, 0.15) is 26.7 Å². The Bertz CT molecular complexity index is 487. The fourth-order valence-electron chi connectivity index (χ4n) is 3.16. The zero-order chi connectivity index (χ0) is 14.3. The predicted octanol–water partition coefficient (Wildman–Crippen LogP) is 3.80. The van der Waals surface area contributed by atoms with E-state index in [9.17, 15) is 4.39 Å². The van der Waals surface area contributed by atoms with E-state index in [0.717, 1.165) is 24.7 Å². The minimum absolute atomic E-state index is 0.191. The van der Waals surface area contributed by atoms with Crippen molar-refractivity contribution in [2.75, 3.05) is 18.0 Å². The van der Waals surface area contributed by atoms with Crippen LogP contribution in [0.3, 0.4) is 0 Å². The predicted molar refractivity (Wildman–Crippen MR) is 84.6 cm³/mol. The Morgan fingerprint density at radius 1 is 1.35 bits per heavy atom. The first-order chi connectivity index (χ1) is 9.56. The van der Waals surface area contributed by atoms with Crippen LogP contribution in [0.15, 0.2) is 22.7 Å². The van der Waals surface area contributed by atoms with Crippen molar-refractivity contribution in [2.45, 2.75) is 38.8 Å². The maximum absolute atomic E-state index is 13.5.